The van der Waals surface area contributed by atoms with E-state index in [1.165, 1.54) is 34.8 Å². The van der Waals surface area contributed by atoms with Gasteiger partial charge in [0, 0.05) is 19.2 Å². The molecule has 0 atom stereocenters. The van der Waals surface area contributed by atoms with E-state index in [1.54, 1.807) is 12.1 Å². The number of aromatic carboxylic acids is 1. The van der Waals surface area contributed by atoms with Gasteiger partial charge in [-0.3, -0.25) is 4.79 Å². The van der Waals surface area contributed by atoms with Crippen LogP contribution in [0, 0.1) is 0 Å². The number of phenols is 1. The van der Waals surface area contributed by atoms with Crippen LogP contribution in [0.15, 0.2) is 66.7 Å². The molecule has 1 aliphatic rings. The Hall–Kier alpha value is -3.89. The van der Waals surface area contributed by atoms with Gasteiger partial charge in [-0.25, -0.2) is 17.5 Å². The lowest BCUT2D eigenvalue weighted by atomic mass is 10.0. The van der Waals surface area contributed by atoms with Crippen molar-refractivity contribution < 1.29 is 33.0 Å². The molecule has 36 heavy (non-hydrogen) atoms. The lowest BCUT2D eigenvalue weighted by molar-refractivity contribution is 0.0698. The SMILES string of the molecule is CS(=O)(=O)N1CCC(Oc2ccc(C(=O)Nc3cc(-c4ccccc4)ccc3C(=O)O)c(O)c2)CC1. The Labute approximate surface area is 209 Å². The third kappa shape index (κ3) is 5.84. The molecular weight excluding hydrogens is 484 g/mol. The minimum Gasteiger partial charge on any atom is -0.507 e. The number of sulfonamides is 1. The molecule has 1 heterocycles. The third-order valence-electron chi connectivity index (χ3n) is 5.99. The van der Waals surface area contributed by atoms with Gasteiger partial charge in [0.05, 0.1) is 23.1 Å². The van der Waals surface area contributed by atoms with Crippen LogP contribution < -0.4 is 10.1 Å². The summed E-state index contributed by atoms with van der Waals surface area (Å²) in [5.41, 5.74) is 1.56. The number of ether oxygens (including phenoxy) is 1. The minimum atomic E-state index is -3.24. The van der Waals surface area contributed by atoms with E-state index in [-0.39, 0.29) is 28.7 Å². The lowest BCUT2D eigenvalue weighted by Crippen LogP contribution is -2.41. The summed E-state index contributed by atoms with van der Waals surface area (Å²) < 4.78 is 30.6. The van der Waals surface area contributed by atoms with Crippen LogP contribution in [0.4, 0.5) is 5.69 Å². The molecule has 1 amide bonds. The zero-order chi connectivity index (χ0) is 25.9. The molecule has 3 aromatic carbocycles. The van der Waals surface area contributed by atoms with Gasteiger partial charge in [-0.05, 0) is 48.2 Å². The number of anilines is 1. The highest BCUT2D eigenvalue weighted by Crippen LogP contribution is 2.30. The molecule has 3 aromatic rings. The zero-order valence-corrected chi connectivity index (χ0v) is 20.4. The van der Waals surface area contributed by atoms with Gasteiger partial charge in [0.15, 0.2) is 0 Å². The van der Waals surface area contributed by atoms with Gasteiger partial charge in [0.1, 0.15) is 17.6 Å². The van der Waals surface area contributed by atoms with E-state index in [0.717, 1.165) is 11.1 Å². The van der Waals surface area contributed by atoms with Gasteiger partial charge >= 0.3 is 5.97 Å². The van der Waals surface area contributed by atoms with Crippen LogP contribution >= 0.6 is 0 Å². The van der Waals surface area contributed by atoms with Crippen molar-refractivity contribution in [1.82, 2.24) is 4.31 Å². The molecule has 1 aliphatic heterocycles. The van der Waals surface area contributed by atoms with Crippen molar-refractivity contribution in [2.45, 2.75) is 18.9 Å². The number of benzene rings is 3. The molecule has 0 radical (unpaired) electrons. The molecule has 0 saturated carbocycles. The summed E-state index contributed by atoms with van der Waals surface area (Å²) in [4.78, 5) is 24.6. The van der Waals surface area contributed by atoms with Gasteiger partial charge in [-0.15, -0.1) is 0 Å². The Kier molecular flexibility index (Phi) is 7.27. The first-order valence-electron chi connectivity index (χ1n) is 11.3. The number of rotatable bonds is 7. The molecule has 188 valence electrons. The predicted molar refractivity (Wildman–Crippen MR) is 135 cm³/mol. The van der Waals surface area contributed by atoms with Gasteiger partial charge in [0.2, 0.25) is 10.0 Å². The van der Waals surface area contributed by atoms with Gasteiger partial charge in [-0.1, -0.05) is 36.4 Å². The molecule has 0 unspecified atom stereocenters. The number of piperidine rings is 1. The Morgan fingerprint density at radius 2 is 1.61 bits per heavy atom. The van der Waals surface area contributed by atoms with Gasteiger partial charge in [-0.2, -0.15) is 0 Å². The fourth-order valence-corrected chi connectivity index (χ4v) is 4.96. The number of hydrogen-bond donors (Lipinski definition) is 3. The highest BCUT2D eigenvalue weighted by molar-refractivity contribution is 7.88. The number of carboxylic acid groups (broad SMARTS) is 1. The molecule has 0 bridgehead atoms. The number of aromatic hydroxyl groups is 1. The normalized spacial score (nSPS) is 14.8. The van der Waals surface area contributed by atoms with Crippen molar-refractivity contribution >= 4 is 27.6 Å². The van der Waals surface area contributed by atoms with E-state index in [2.05, 4.69) is 5.32 Å². The molecule has 9 nitrogen and oxygen atoms in total. The van der Waals surface area contributed by atoms with Crippen molar-refractivity contribution in [1.29, 1.82) is 0 Å². The zero-order valence-electron chi connectivity index (χ0n) is 19.5. The largest absolute Gasteiger partial charge is 0.507 e. The number of carbonyl (C=O) groups is 2. The van der Waals surface area contributed by atoms with E-state index in [1.807, 2.05) is 30.3 Å². The Bertz CT molecular complexity index is 1380. The number of nitrogens with zero attached hydrogens (tertiary/aromatic N) is 1. The first kappa shape index (κ1) is 25.2. The number of carboxylic acids is 1. The fourth-order valence-electron chi connectivity index (χ4n) is 4.08. The second-order valence-electron chi connectivity index (χ2n) is 8.54. The second-order valence-corrected chi connectivity index (χ2v) is 10.5. The molecule has 1 saturated heterocycles. The maximum atomic E-state index is 12.9. The van der Waals surface area contributed by atoms with Crippen molar-refractivity contribution in [3.63, 3.8) is 0 Å². The molecule has 0 aromatic heterocycles. The van der Waals surface area contributed by atoms with Crippen molar-refractivity contribution in [2.24, 2.45) is 0 Å². The summed E-state index contributed by atoms with van der Waals surface area (Å²) in [7, 11) is -3.24. The summed E-state index contributed by atoms with van der Waals surface area (Å²) in [6.45, 7) is 0.702. The summed E-state index contributed by atoms with van der Waals surface area (Å²) in [6, 6.07) is 18.2. The highest BCUT2D eigenvalue weighted by atomic mass is 32.2. The average Bonchev–Trinajstić information content (AvgIpc) is 2.84. The number of phenolic OH excluding ortho intramolecular Hbond substituents is 1. The molecule has 1 fully saturated rings. The standard InChI is InChI=1S/C26H26N2O7S/c1-36(33,34)28-13-11-19(12-14-28)35-20-8-10-22(24(29)16-20)25(30)27-23-15-18(7-9-21(23)26(31)32)17-5-3-2-4-6-17/h2-10,15-16,19,29H,11-14H2,1H3,(H,27,30)(H,31,32). The van der Waals surface area contributed by atoms with Crippen molar-refractivity contribution in [2.75, 3.05) is 24.7 Å². The maximum Gasteiger partial charge on any atom is 0.337 e. The number of nitrogens with one attached hydrogen (secondary N) is 1. The summed E-state index contributed by atoms with van der Waals surface area (Å²) in [6.07, 6.45) is 1.96. The molecule has 3 N–H and O–H groups in total. The number of carbonyl (C=O) groups excluding carboxylic acids is 1. The third-order valence-corrected chi connectivity index (χ3v) is 7.30. The van der Waals surface area contributed by atoms with Crippen LogP contribution in [0.1, 0.15) is 33.6 Å². The predicted octanol–water partition coefficient (Wildman–Crippen LogP) is 3.81. The van der Waals surface area contributed by atoms with E-state index in [0.29, 0.717) is 31.7 Å². The molecule has 0 aliphatic carbocycles. The minimum absolute atomic E-state index is 0.0456. The monoisotopic (exact) mass is 510 g/mol. The van der Waals surface area contributed by atoms with E-state index in [4.69, 9.17) is 4.74 Å². The quantitative estimate of drug-likeness (QED) is 0.440. The van der Waals surface area contributed by atoms with Crippen molar-refractivity contribution in [3.8, 4) is 22.6 Å². The average molecular weight is 511 g/mol. The van der Waals surface area contributed by atoms with Crippen molar-refractivity contribution in [3.05, 3.63) is 77.9 Å². The summed E-state index contributed by atoms with van der Waals surface area (Å²) >= 11 is 0. The Morgan fingerprint density at radius 3 is 2.22 bits per heavy atom. The molecule has 0 spiro atoms. The molecule has 4 rings (SSSR count). The van der Waals surface area contributed by atoms with E-state index in [9.17, 15) is 28.2 Å². The Balaban J connectivity index is 1.48. The van der Waals surface area contributed by atoms with Crippen LogP contribution in [0.2, 0.25) is 0 Å². The maximum absolute atomic E-state index is 12.9. The summed E-state index contributed by atoms with van der Waals surface area (Å²) in [5, 5.41) is 22.6. The van der Waals surface area contributed by atoms with E-state index < -0.39 is 21.9 Å². The van der Waals surface area contributed by atoms with Crippen LogP contribution in [0.3, 0.4) is 0 Å². The van der Waals surface area contributed by atoms with Gasteiger partial charge in [0.25, 0.3) is 5.91 Å². The summed E-state index contributed by atoms with van der Waals surface area (Å²) in [5.74, 6) is -1.85. The molecule has 10 heteroatoms. The number of amides is 1. The topological polar surface area (TPSA) is 133 Å². The van der Waals surface area contributed by atoms with E-state index >= 15 is 0 Å². The number of hydrogen-bond acceptors (Lipinski definition) is 6. The van der Waals surface area contributed by atoms with Gasteiger partial charge < -0.3 is 20.3 Å². The Morgan fingerprint density at radius 1 is 0.944 bits per heavy atom. The van der Waals surface area contributed by atoms with Crippen LogP contribution in [0.5, 0.6) is 11.5 Å². The fraction of sp³-hybridized carbons (Fsp3) is 0.231. The first-order valence-corrected chi connectivity index (χ1v) is 13.2. The second kappa shape index (κ2) is 10.4. The van der Waals surface area contributed by atoms with Crippen LogP contribution in [-0.2, 0) is 10.0 Å². The first-order chi connectivity index (χ1) is 17.1. The lowest BCUT2D eigenvalue weighted by Gasteiger charge is -2.30. The molecular formula is C26H26N2O7S. The van der Waals surface area contributed by atoms with Crippen LogP contribution in [-0.4, -0.2) is 60.3 Å². The smallest absolute Gasteiger partial charge is 0.337 e. The van der Waals surface area contributed by atoms with Crippen LogP contribution in [0.25, 0.3) is 11.1 Å². The highest BCUT2D eigenvalue weighted by Gasteiger charge is 2.26.